The third-order valence-corrected chi connectivity index (χ3v) is 3.23. The maximum absolute atomic E-state index is 13.0. The van der Waals surface area contributed by atoms with Crippen molar-refractivity contribution in [3.63, 3.8) is 0 Å². The van der Waals surface area contributed by atoms with Crippen LogP contribution in [0, 0.1) is 6.92 Å². The van der Waals surface area contributed by atoms with Gasteiger partial charge in [-0.3, -0.25) is 4.98 Å². The van der Waals surface area contributed by atoms with Gasteiger partial charge in [0.15, 0.2) is 0 Å². The van der Waals surface area contributed by atoms with Gasteiger partial charge in [-0.25, -0.2) is 0 Å². The topological polar surface area (TPSA) is 38.7 Å². The Balaban J connectivity index is 2.22. The van der Waals surface area contributed by atoms with Crippen LogP contribution in [0.2, 0.25) is 0 Å². The second-order valence-corrected chi connectivity index (χ2v) is 4.66. The summed E-state index contributed by atoms with van der Waals surface area (Å²) >= 11 is 0. The van der Waals surface area contributed by atoms with Gasteiger partial charge in [-0.15, -0.1) is 0 Å². The van der Waals surface area contributed by atoms with Gasteiger partial charge < -0.3 is 0 Å². The SMILES string of the molecule is Cc1cnnc2cc(-c3ncccc3C(F)(F)F)ccc12. The minimum atomic E-state index is -4.45. The minimum absolute atomic E-state index is 0.102. The molecule has 2 heterocycles. The first-order valence-corrected chi connectivity index (χ1v) is 6.21. The number of pyridine rings is 1. The monoisotopic (exact) mass is 289 g/mol. The summed E-state index contributed by atoms with van der Waals surface area (Å²) in [5.41, 5.74) is 0.977. The Morgan fingerprint density at radius 1 is 1.10 bits per heavy atom. The number of benzene rings is 1. The molecule has 2 aromatic heterocycles. The molecule has 0 radical (unpaired) electrons. The molecule has 0 saturated carbocycles. The van der Waals surface area contributed by atoms with E-state index in [1.54, 1.807) is 24.4 Å². The number of nitrogens with zero attached hydrogens (tertiary/aromatic N) is 3. The quantitative estimate of drug-likeness (QED) is 0.679. The van der Waals surface area contributed by atoms with Crippen LogP contribution in [0.4, 0.5) is 13.2 Å². The standard InChI is InChI=1S/C15H10F3N3/c1-9-8-20-21-13-7-10(4-5-11(9)13)14-12(15(16,17)18)3-2-6-19-14/h2-8H,1H3. The third kappa shape index (κ3) is 2.44. The largest absolute Gasteiger partial charge is 0.418 e. The highest BCUT2D eigenvalue weighted by molar-refractivity contribution is 5.85. The number of aryl methyl sites for hydroxylation is 1. The van der Waals surface area contributed by atoms with Gasteiger partial charge in [-0.2, -0.15) is 23.4 Å². The highest BCUT2D eigenvalue weighted by Gasteiger charge is 2.34. The Morgan fingerprint density at radius 2 is 1.90 bits per heavy atom. The predicted octanol–water partition coefficient (Wildman–Crippen LogP) is 4.02. The normalized spacial score (nSPS) is 11.8. The van der Waals surface area contributed by atoms with Gasteiger partial charge in [-0.1, -0.05) is 12.1 Å². The zero-order valence-electron chi connectivity index (χ0n) is 11.0. The highest BCUT2D eigenvalue weighted by atomic mass is 19.4. The Bertz CT molecular complexity index is 813. The van der Waals surface area contributed by atoms with Crippen molar-refractivity contribution in [2.75, 3.05) is 0 Å². The molecule has 21 heavy (non-hydrogen) atoms. The van der Waals surface area contributed by atoms with Crippen molar-refractivity contribution in [3.8, 4) is 11.3 Å². The molecule has 3 aromatic rings. The van der Waals surface area contributed by atoms with E-state index in [2.05, 4.69) is 15.2 Å². The lowest BCUT2D eigenvalue weighted by molar-refractivity contribution is -0.137. The van der Waals surface area contributed by atoms with E-state index in [-0.39, 0.29) is 5.69 Å². The van der Waals surface area contributed by atoms with Crippen LogP contribution in [0.25, 0.3) is 22.2 Å². The summed E-state index contributed by atoms with van der Waals surface area (Å²) in [6.45, 7) is 1.87. The summed E-state index contributed by atoms with van der Waals surface area (Å²) in [6, 6.07) is 7.23. The number of alkyl halides is 3. The van der Waals surface area contributed by atoms with Crippen molar-refractivity contribution in [1.29, 1.82) is 0 Å². The summed E-state index contributed by atoms with van der Waals surface area (Å²) in [5.74, 6) is 0. The van der Waals surface area contributed by atoms with E-state index in [0.717, 1.165) is 17.0 Å². The lowest BCUT2D eigenvalue weighted by Crippen LogP contribution is -2.08. The average Bonchev–Trinajstić information content (AvgIpc) is 2.46. The Labute approximate surface area is 118 Å². The average molecular weight is 289 g/mol. The first kappa shape index (κ1) is 13.5. The van der Waals surface area contributed by atoms with Crippen molar-refractivity contribution in [2.45, 2.75) is 13.1 Å². The predicted molar refractivity (Wildman–Crippen MR) is 72.5 cm³/mol. The molecule has 0 aliphatic rings. The number of hydrogen-bond acceptors (Lipinski definition) is 3. The summed E-state index contributed by atoms with van der Waals surface area (Å²) < 4.78 is 39.1. The van der Waals surface area contributed by atoms with Gasteiger partial charge in [0.05, 0.1) is 23.0 Å². The summed E-state index contributed by atoms with van der Waals surface area (Å²) in [6.07, 6.45) is -1.49. The molecule has 0 unspecified atom stereocenters. The molecule has 0 atom stereocenters. The first-order chi connectivity index (χ1) is 9.97. The van der Waals surface area contributed by atoms with Gasteiger partial charge in [0.25, 0.3) is 0 Å². The molecule has 0 fully saturated rings. The van der Waals surface area contributed by atoms with Gasteiger partial charge >= 0.3 is 6.18 Å². The second-order valence-electron chi connectivity index (χ2n) is 4.66. The molecule has 3 rings (SSSR count). The molecule has 106 valence electrons. The van der Waals surface area contributed by atoms with Crippen molar-refractivity contribution in [2.24, 2.45) is 0 Å². The molecule has 0 aliphatic heterocycles. The molecule has 0 amide bonds. The summed E-state index contributed by atoms with van der Waals surface area (Å²) in [4.78, 5) is 3.88. The van der Waals surface area contributed by atoms with Gasteiger partial charge in [0, 0.05) is 17.1 Å². The number of halogens is 3. The van der Waals surface area contributed by atoms with Crippen LogP contribution < -0.4 is 0 Å². The van der Waals surface area contributed by atoms with Gasteiger partial charge in [0.2, 0.25) is 0 Å². The van der Waals surface area contributed by atoms with Crippen molar-refractivity contribution in [1.82, 2.24) is 15.2 Å². The molecule has 0 aliphatic carbocycles. The molecule has 3 nitrogen and oxygen atoms in total. The van der Waals surface area contributed by atoms with Crippen LogP contribution in [0.5, 0.6) is 0 Å². The van der Waals surface area contributed by atoms with E-state index >= 15 is 0 Å². The molecule has 0 spiro atoms. The summed E-state index contributed by atoms with van der Waals surface area (Å²) in [5, 5.41) is 8.65. The van der Waals surface area contributed by atoms with Crippen LogP contribution in [0.3, 0.4) is 0 Å². The zero-order valence-corrected chi connectivity index (χ0v) is 11.0. The van der Waals surface area contributed by atoms with Crippen LogP contribution in [0.15, 0.2) is 42.7 Å². The molecule has 0 bridgehead atoms. The van der Waals surface area contributed by atoms with Crippen molar-refractivity contribution < 1.29 is 13.2 Å². The van der Waals surface area contributed by atoms with Crippen LogP contribution in [-0.2, 0) is 6.18 Å². The summed E-state index contributed by atoms with van der Waals surface area (Å²) in [7, 11) is 0. The Morgan fingerprint density at radius 3 is 2.67 bits per heavy atom. The molecule has 1 aromatic carbocycles. The molecule has 0 saturated heterocycles. The van der Waals surface area contributed by atoms with E-state index < -0.39 is 11.7 Å². The van der Waals surface area contributed by atoms with Crippen LogP contribution >= 0.6 is 0 Å². The van der Waals surface area contributed by atoms with Crippen LogP contribution in [-0.4, -0.2) is 15.2 Å². The first-order valence-electron chi connectivity index (χ1n) is 6.21. The lowest BCUT2D eigenvalue weighted by atomic mass is 10.0. The smallest absolute Gasteiger partial charge is 0.256 e. The fraction of sp³-hybridized carbons (Fsp3) is 0.133. The zero-order chi connectivity index (χ0) is 15.0. The van der Waals surface area contributed by atoms with Crippen LogP contribution in [0.1, 0.15) is 11.1 Å². The van der Waals surface area contributed by atoms with Crippen molar-refractivity contribution >= 4 is 10.9 Å². The van der Waals surface area contributed by atoms with Crippen molar-refractivity contribution in [3.05, 3.63) is 53.9 Å². The van der Waals surface area contributed by atoms with E-state index in [4.69, 9.17) is 0 Å². The van der Waals surface area contributed by atoms with E-state index in [0.29, 0.717) is 11.1 Å². The van der Waals surface area contributed by atoms with E-state index in [9.17, 15) is 13.2 Å². The number of hydrogen-bond donors (Lipinski definition) is 0. The third-order valence-electron chi connectivity index (χ3n) is 3.23. The number of rotatable bonds is 1. The Hall–Kier alpha value is -2.50. The Kier molecular flexibility index (Phi) is 3.08. The second kappa shape index (κ2) is 4.80. The van der Waals surface area contributed by atoms with E-state index in [1.807, 2.05) is 6.92 Å². The van der Waals surface area contributed by atoms with E-state index in [1.165, 1.54) is 12.3 Å². The highest BCUT2D eigenvalue weighted by Crippen LogP contribution is 2.36. The lowest BCUT2D eigenvalue weighted by Gasteiger charge is -2.12. The minimum Gasteiger partial charge on any atom is -0.256 e. The molecule has 0 N–H and O–H groups in total. The number of aromatic nitrogens is 3. The van der Waals surface area contributed by atoms with Gasteiger partial charge in [-0.05, 0) is 30.7 Å². The maximum atomic E-state index is 13.0. The fourth-order valence-electron chi connectivity index (χ4n) is 2.21. The maximum Gasteiger partial charge on any atom is 0.418 e. The number of fused-ring (bicyclic) bond motifs is 1. The molecular weight excluding hydrogens is 279 g/mol. The van der Waals surface area contributed by atoms with Gasteiger partial charge in [0.1, 0.15) is 0 Å². The molecule has 6 heteroatoms. The fourth-order valence-corrected chi connectivity index (χ4v) is 2.21. The molecular formula is C15H10F3N3.